The number of nitrogens with zero attached hydrogens (tertiary/aromatic N) is 3. The molecular weight excluding hydrogens is 589 g/mol. The minimum Gasteiger partial charge on any atom is -0.465 e. The van der Waals surface area contributed by atoms with Crippen molar-refractivity contribution in [1.82, 2.24) is 15.0 Å². The van der Waals surface area contributed by atoms with Gasteiger partial charge in [0.25, 0.3) is 0 Å². The summed E-state index contributed by atoms with van der Waals surface area (Å²) in [6, 6.07) is 0. The zero-order valence-corrected chi connectivity index (χ0v) is 29.7. The normalized spacial score (nSPS) is 36.1. The van der Waals surface area contributed by atoms with Gasteiger partial charge in [0.05, 0.1) is 31.6 Å². The summed E-state index contributed by atoms with van der Waals surface area (Å²) in [4.78, 5) is 12.8. The van der Waals surface area contributed by atoms with Gasteiger partial charge in [-0.25, -0.2) is 0 Å². The van der Waals surface area contributed by atoms with Gasteiger partial charge in [-0.3, -0.25) is 14.0 Å². The van der Waals surface area contributed by atoms with E-state index in [4.69, 9.17) is 13.8 Å². The predicted octanol–water partition coefficient (Wildman–Crippen LogP) is 7.45. The lowest BCUT2D eigenvalue weighted by Crippen LogP contribution is -2.54. The highest BCUT2D eigenvalue weighted by Gasteiger charge is 2.60. The number of carbonyl (C=O) groups excluding carboxylic acids is 1. The van der Waals surface area contributed by atoms with Crippen molar-refractivity contribution >= 4 is 13.6 Å². The zero-order chi connectivity index (χ0) is 32.4. The van der Waals surface area contributed by atoms with Gasteiger partial charge in [0, 0.05) is 19.2 Å². The van der Waals surface area contributed by atoms with E-state index in [0.717, 1.165) is 61.8 Å². The van der Waals surface area contributed by atoms with E-state index in [-0.39, 0.29) is 32.3 Å². The Bertz CT molecular complexity index is 1180. The molecule has 45 heavy (non-hydrogen) atoms. The van der Waals surface area contributed by atoms with Gasteiger partial charge in [0.15, 0.2) is 5.66 Å². The molecule has 4 saturated carbocycles. The number of aryl methyl sites for hydroxylation is 1. The van der Waals surface area contributed by atoms with Crippen LogP contribution in [0.25, 0.3) is 0 Å². The first kappa shape index (κ1) is 35.0. The fourth-order valence-corrected chi connectivity index (χ4v) is 12.8. The van der Waals surface area contributed by atoms with Crippen LogP contribution in [0.5, 0.6) is 0 Å². The van der Waals surface area contributed by atoms with Crippen molar-refractivity contribution in [3.05, 3.63) is 11.9 Å². The molecule has 0 aliphatic heterocycles. The quantitative estimate of drug-likeness (QED) is 0.163. The molecule has 0 spiro atoms. The molecule has 1 N–H and O–H groups in total. The Morgan fingerprint density at radius 3 is 2.44 bits per heavy atom. The Morgan fingerprint density at radius 1 is 1.02 bits per heavy atom. The summed E-state index contributed by atoms with van der Waals surface area (Å²) in [5.74, 6) is 4.11. The highest BCUT2D eigenvalue weighted by molar-refractivity contribution is 7.55. The van der Waals surface area contributed by atoms with E-state index in [1.165, 1.54) is 44.9 Å². The van der Waals surface area contributed by atoms with Crippen LogP contribution < -0.4 is 0 Å². The molecule has 9 nitrogen and oxygen atoms in total. The summed E-state index contributed by atoms with van der Waals surface area (Å²) in [7, 11) is -3.72. The van der Waals surface area contributed by atoms with E-state index in [1.54, 1.807) is 20.8 Å². The van der Waals surface area contributed by atoms with Gasteiger partial charge in [-0.05, 0) is 138 Å². The van der Waals surface area contributed by atoms with Crippen molar-refractivity contribution in [2.24, 2.45) is 46.3 Å². The lowest BCUT2D eigenvalue weighted by atomic mass is 9.44. The number of hydrogen-bond donors (Lipinski definition) is 1. The SMILES string of the molecule is CCOC(=O)C(Cc1cn(CCC[C@@H](C)C2CC[C@H]3C4CC[C@@H]5C[C@H](O)CC[C@]5(C)C4CC[C@]23C)nn1)P(=O)(OCC)OCC. The van der Waals surface area contributed by atoms with E-state index in [0.29, 0.717) is 22.4 Å². The second kappa shape index (κ2) is 14.5. The second-order valence-electron chi connectivity index (χ2n) is 15.3. The van der Waals surface area contributed by atoms with Gasteiger partial charge >= 0.3 is 13.6 Å². The second-order valence-corrected chi connectivity index (χ2v) is 17.5. The van der Waals surface area contributed by atoms with E-state index in [2.05, 4.69) is 31.1 Å². The molecule has 0 aromatic carbocycles. The Balaban J connectivity index is 1.16. The molecule has 0 radical (unpaired) electrons. The molecule has 0 amide bonds. The van der Waals surface area contributed by atoms with E-state index in [1.807, 2.05) is 10.9 Å². The monoisotopic (exact) mass is 649 g/mol. The third-order valence-corrected chi connectivity index (χ3v) is 15.4. The number of aliphatic hydroxyl groups is 1. The summed E-state index contributed by atoms with van der Waals surface area (Å²) < 4.78 is 31.6. The maximum absolute atomic E-state index is 13.5. The van der Waals surface area contributed by atoms with Crippen molar-refractivity contribution in [1.29, 1.82) is 0 Å². The van der Waals surface area contributed by atoms with E-state index in [9.17, 15) is 14.5 Å². The molecule has 1 aromatic heterocycles. The molecule has 0 saturated heterocycles. The van der Waals surface area contributed by atoms with Crippen LogP contribution in [0.1, 0.15) is 118 Å². The average Bonchev–Trinajstić information content (AvgIpc) is 3.60. The van der Waals surface area contributed by atoms with Gasteiger partial charge < -0.3 is 18.9 Å². The first-order valence-electron chi connectivity index (χ1n) is 18.1. The fourth-order valence-electron chi connectivity index (χ4n) is 10.9. The number of aromatic nitrogens is 3. The van der Waals surface area contributed by atoms with Crippen LogP contribution in [0.2, 0.25) is 0 Å². The largest absolute Gasteiger partial charge is 0.465 e. The number of esters is 1. The number of fused-ring (bicyclic) bond motifs is 5. The molecule has 4 fully saturated rings. The summed E-state index contributed by atoms with van der Waals surface area (Å²) in [6.07, 6.45) is 15.5. The van der Waals surface area contributed by atoms with Crippen LogP contribution >= 0.6 is 7.60 Å². The molecule has 4 aliphatic carbocycles. The van der Waals surface area contributed by atoms with Crippen LogP contribution in [0.15, 0.2) is 6.20 Å². The third-order valence-electron chi connectivity index (χ3n) is 13.0. The van der Waals surface area contributed by atoms with E-state index >= 15 is 0 Å². The van der Waals surface area contributed by atoms with Gasteiger partial charge in [-0.1, -0.05) is 26.0 Å². The van der Waals surface area contributed by atoms with Gasteiger partial charge in [-0.15, -0.1) is 5.10 Å². The summed E-state index contributed by atoms with van der Waals surface area (Å²) in [5, 5.41) is 19.0. The van der Waals surface area contributed by atoms with Crippen LogP contribution in [-0.4, -0.2) is 57.7 Å². The van der Waals surface area contributed by atoms with Crippen molar-refractivity contribution < 1.29 is 28.3 Å². The van der Waals surface area contributed by atoms with Gasteiger partial charge in [0.2, 0.25) is 0 Å². The highest BCUT2D eigenvalue weighted by atomic mass is 31.2. The number of carbonyl (C=O) groups is 1. The topological polar surface area (TPSA) is 113 Å². The molecule has 10 heteroatoms. The van der Waals surface area contributed by atoms with Crippen LogP contribution in [-0.2, 0) is 36.1 Å². The number of aliphatic hydroxyl groups excluding tert-OH is 1. The molecule has 256 valence electrons. The Kier molecular flexibility index (Phi) is 11.3. The van der Waals surface area contributed by atoms with E-state index < -0.39 is 19.2 Å². The Hall–Kier alpha value is -1.28. The molecule has 4 unspecified atom stereocenters. The van der Waals surface area contributed by atoms with Gasteiger partial charge in [-0.2, -0.15) is 0 Å². The number of ether oxygens (including phenoxy) is 1. The van der Waals surface area contributed by atoms with Crippen molar-refractivity contribution in [3.8, 4) is 0 Å². The zero-order valence-electron chi connectivity index (χ0n) is 28.8. The smallest absolute Gasteiger partial charge is 0.345 e. The molecule has 0 bridgehead atoms. The summed E-state index contributed by atoms with van der Waals surface area (Å²) in [5.41, 5.74) is 0.383. The average molecular weight is 650 g/mol. The first-order valence-corrected chi connectivity index (χ1v) is 19.7. The standard InChI is InChI=1S/C35H60N3O6P/c1-7-42-33(40)32(45(41,43-8-2)44-9-3)22-26-23-38(37-36-26)20-10-11-24(4)29-14-15-30-28-13-12-25-21-27(39)16-18-34(25,5)31(28)17-19-35(29,30)6/h23-25,27-32,39H,7-22H2,1-6H3/t24-,25-,27-,28?,29?,30+,31?,32?,34+,35-/m1/s1. The third kappa shape index (κ3) is 6.98. The van der Waals surface area contributed by atoms with Crippen LogP contribution in [0, 0.1) is 46.3 Å². The maximum Gasteiger partial charge on any atom is 0.345 e. The summed E-state index contributed by atoms with van der Waals surface area (Å²) in [6.45, 7) is 14.2. The summed E-state index contributed by atoms with van der Waals surface area (Å²) >= 11 is 0. The van der Waals surface area contributed by atoms with Crippen molar-refractivity contribution in [2.75, 3.05) is 19.8 Å². The number of rotatable bonds is 14. The highest BCUT2D eigenvalue weighted by Crippen LogP contribution is 2.68. The maximum atomic E-state index is 13.5. The molecule has 5 rings (SSSR count). The molecule has 10 atom stereocenters. The predicted molar refractivity (Wildman–Crippen MR) is 175 cm³/mol. The molecule has 4 aliphatic rings. The fraction of sp³-hybridized carbons (Fsp3) is 0.914. The van der Waals surface area contributed by atoms with Crippen molar-refractivity contribution in [3.63, 3.8) is 0 Å². The minimum atomic E-state index is -3.72. The lowest BCUT2D eigenvalue weighted by Gasteiger charge is -2.61. The minimum absolute atomic E-state index is 0.0739. The lowest BCUT2D eigenvalue weighted by molar-refractivity contribution is -0.143. The Labute approximate surface area is 271 Å². The van der Waals surface area contributed by atoms with Gasteiger partial charge in [0.1, 0.15) is 0 Å². The first-order chi connectivity index (χ1) is 21.5. The molecule has 1 aromatic rings. The molecular formula is C35H60N3O6P. The van der Waals surface area contributed by atoms with Crippen LogP contribution in [0.4, 0.5) is 0 Å². The number of hydrogen-bond acceptors (Lipinski definition) is 8. The van der Waals surface area contributed by atoms with Crippen LogP contribution in [0.3, 0.4) is 0 Å². The van der Waals surface area contributed by atoms with Crippen molar-refractivity contribution in [2.45, 2.75) is 137 Å². The Morgan fingerprint density at radius 2 is 1.73 bits per heavy atom. The molecule has 1 heterocycles.